The van der Waals surface area contributed by atoms with Gasteiger partial charge in [0.15, 0.2) is 0 Å². The number of benzene rings is 1. The van der Waals surface area contributed by atoms with Crippen molar-refractivity contribution in [3.8, 4) is 0 Å². The van der Waals surface area contributed by atoms with Crippen LogP contribution >= 0.6 is 0 Å². The maximum Gasteiger partial charge on any atom is 0.238 e. The predicted octanol–water partition coefficient (Wildman–Crippen LogP) is 2.63. The fraction of sp³-hybridized carbons (Fsp3) is 0.538. The summed E-state index contributed by atoms with van der Waals surface area (Å²) in [4.78, 5) is 0.151. The van der Waals surface area contributed by atoms with E-state index in [1.54, 1.807) is 12.1 Å². The fourth-order valence-electron chi connectivity index (χ4n) is 1.78. The van der Waals surface area contributed by atoms with Gasteiger partial charge in [0.25, 0.3) is 0 Å². The highest BCUT2D eigenvalue weighted by Gasteiger charge is 2.11. The number of rotatable bonds is 6. The van der Waals surface area contributed by atoms with Gasteiger partial charge in [-0.3, -0.25) is 0 Å². The molecular formula is C13H22N2O2S. The summed E-state index contributed by atoms with van der Waals surface area (Å²) in [7, 11) is -3.63. The lowest BCUT2D eigenvalue weighted by Gasteiger charge is -2.17. The molecule has 1 aromatic carbocycles. The van der Waals surface area contributed by atoms with Crippen molar-refractivity contribution in [1.29, 1.82) is 0 Å². The highest BCUT2D eigenvalue weighted by Crippen LogP contribution is 2.21. The van der Waals surface area contributed by atoms with Crippen LogP contribution in [0.5, 0.6) is 0 Å². The van der Waals surface area contributed by atoms with E-state index in [0.29, 0.717) is 6.04 Å². The third kappa shape index (κ3) is 4.31. The molecule has 0 fully saturated rings. The Bertz CT molecular complexity index is 498. The summed E-state index contributed by atoms with van der Waals surface area (Å²) < 4.78 is 22.6. The van der Waals surface area contributed by atoms with Crippen molar-refractivity contribution in [3.63, 3.8) is 0 Å². The summed E-state index contributed by atoms with van der Waals surface area (Å²) in [5, 5.41) is 8.47. The summed E-state index contributed by atoms with van der Waals surface area (Å²) in [6, 6.07) is 5.23. The van der Waals surface area contributed by atoms with Gasteiger partial charge in [0, 0.05) is 11.7 Å². The minimum absolute atomic E-state index is 0.151. The molecule has 0 saturated heterocycles. The van der Waals surface area contributed by atoms with Crippen LogP contribution in [0, 0.1) is 6.92 Å². The van der Waals surface area contributed by atoms with Gasteiger partial charge in [-0.05, 0) is 38.0 Å². The van der Waals surface area contributed by atoms with Crippen molar-refractivity contribution in [2.45, 2.75) is 51.0 Å². The van der Waals surface area contributed by atoms with E-state index in [-0.39, 0.29) is 4.90 Å². The largest absolute Gasteiger partial charge is 0.382 e. The van der Waals surface area contributed by atoms with Gasteiger partial charge in [-0.15, -0.1) is 0 Å². The van der Waals surface area contributed by atoms with Crippen LogP contribution in [0.1, 0.15) is 38.7 Å². The van der Waals surface area contributed by atoms with Crippen LogP contribution in [0.3, 0.4) is 0 Å². The Kier molecular flexibility index (Phi) is 5.16. The van der Waals surface area contributed by atoms with E-state index in [0.717, 1.165) is 30.5 Å². The molecule has 1 atom stereocenters. The van der Waals surface area contributed by atoms with E-state index in [1.807, 2.05) is 6.92 Å². The monoisotopic (exact) mass is 270 g/mol. The molecule has 1 aromatic rings. The Morgan fingerprint density at radius 3 is 2.61 bits per heavy atom. The molecule has 0 bridgehead atoms. The molecule has 0 aliphatic heterocycles. The van der Waals surface area contributed by atoms with E-state index in [9.17, 15) is 8.42 Å². The van der Waals surface area contributed by atoms with E-state index in [2.05, 4.69) is 19.2 Å². The summed E-state index contributed by atoms with van der Waals surface area (Å²) >= 11 is 0. The third-order valence-electron chi connectivity index (χ3n) is 2.93. The predicted molar refractivity (Wildman–Crippen MR) is 75.2 cm³/mol. The number of primary sulfonamides is 1. The van der Waals surface area contributed by atoms with Crippen molar-refractivity contribution < 1.29 is 8.42 Å². The van der Waals surface area contributed by atoms with Crippen LogP contribution in [0.25, 0.3) is 0 Å². The molecule has 18 heavy (non-hydrogen) atoms. The molecule has 3 N–H and O–H groups in total. The molecule has 0 saturated carbocycles. The first-order valence-electron chi connectivity index (χ1n) is 6.24. The zero-order chi connectivity index (χ0) is 13.8. The summed E-state index contributed by atoms with van der Waals surface area (Å²) in [5.41, 5.74) is 1.86. The van der Waals surface area contributed by atoms with Crippen LogP contribution < -0.4 is 10.5 Å². The van der Waals surface area contributed by atoms with Gasteiger partial charge in [-0.25, -0.2) is 13.6 Å². The second kappa shape index (κ2) is 6.20. The van der Waals surface area contributed by atoms with Gasteiger partial charge in [0.1, 0.15) is 0 Å². The molecule has 0 heterocycles. The van der Waals surface area contributed by atoms with Gasteiger partial charge < -0.3 is 5.32 Å². The smallest absolute Gasteiger partial charge is 0.238 e. The number of anilines is 1. The number of nitrogens with one attached hydrogen (secondary N) is 1. The Hall–Kier alpha value is -1.07. The second-order valence-corrected chi connectivity index (χ2v) is 6.27. The van der Waals surface area contributed by atoms with Gasteiger partial charge in [0.05, 0.1) is 4.90 Å². The van der Waals surface area contributed by atoms with Crippen LogP contribution in [-0.2, 0) is 10.0 Å². The molecule has 0 aromatic heterocycles. The van der Waals surface area contributed by atoms with Crippen LogP contribution in [-0.4, -0.2) is 14.5 Å². The van der Waals surface area contributed by atoms with Crippen molar-refractivity contribution >= 4 is 15.7 Å². The molecular weight excluding hydrogens is 248 g/mol. The third-order valence-corrected chi connectivity index (χ3v) is 3.84. The van der Waals surface area contributed by atoms with Crippen molar-refractivity contribution in [1.82, 2.24) is 0 Å². The van der Waals surface area contributed by atoms with Gasteiger partial charge in [-0.1, -0.05) is 25.8 Å². The Morgan fingerprint density at radius 2 is 2.06 bits per heavy atom. The molecule has 0 aliphatic rings. The highest BCUT2D eigenvalue weighted by molar-refractivity contribution is 7.89. The minimum Gasteiger partial charge on any atom is -0.382 e. The average molecular weight is 270 g/mol. The van der Waals surface area contributed by atoms with Crippen LogP contribution in [0.2, 0.25) is 0 Å². The number of hydrogen-bond donors (Lipinski definition) is 2. The zero-order valence-electron chi connectivity index (χ0n) is 11.2. The molecule has 0 amide bonds. The molecule has 0 aliphatic carbocycles. The first-order chi connectivity index (χ1) is 8.34. The van der Waals surface area contributed by atoms with Gasteiger partial charge in [-0.2, -0.15) is 0 Å². The first kappa shape index (κ1) is 15.0. The van der Waals surface area contributed by atoms with E-state index in [4.69, 9.17) is 5.14 Å². The lowest BCUT2D eigenvalue weighted by Crippen LogP contribution is -2.17. The molecule has 0 spiro atoms. The topological polar surface area (TPSA) is 72.2 Å². The maximum absolute atomic E-state index is 11.3. The van der Waals surface area contributed by atoms with Crippen molar-refractivity contribution in [3.05, 3.63) is 23.8 Å². The number of unbranched alkanes of at least 4 members (excludes halogenated alkanes) is 1. The van der Waals surface area contributed by atoms with Crippen LogP contribution in [0.4, 0.5) is 5.69 Å². The van der Waals surface area contributed by atoms with E-state index in [1.165, 1.54) is 6.07 Å². The molecule has 5 heteroatoms. The molecule has 102 valence electrons. The van der Waals surface area contributed by atoms with Crippen molar-refractivity contribution in [2.24, 2.45) is 5.14 Å². The quantitative estimate of drug-likeness (QED) is 0.834. The number of hydrogen-bond acceptors (Lipinski definition) is 3. The van der Waals surface area contributed by atoms with Gasteiger partial charge >= 0.3 is 0 Å². The highest BCUT2D eigenvalue weighted by atomic mass is 32.2. The number of aryl methyl sites for hydroxylation is 1. The number of nitrogens with two attached hydrogens (primary N) is 1. The minimum atomic E-state index is -3.63. The van der Waals surface area contributed by atoms with E-state index < -0.39 is 10.0 Å². The molecule has 4 nitrogen and oxygen atoms in total. The fourth-order valence-corrected chi connectivity index (χ4v) is 2.32. The Labute approximate surface area is 110 Å². The molecule has 1 rings (SSSR count). The first-order valence-corrected chi connectivity index (χ1v) is 7.79. The molecule has 0 radical (unpaired) electrons. The normalized spacial score (nSPS) is 13.3. The average Bonchev–Trinajstić information content (AvgIpc) is 2.28. The van der Waals surface area contributed by atoms with Crippen molar-refractivity contribution in [2.75, 3.05) is 5.32 Å². The Balaban J connectivity index is 2.88. The lowest BCUT2D eigenvalue weighted by molar-refractivity contribution is 0.597. The van der Waals surface area contributed by atoms with E-state index >= 15 is 0 Å². The Morgan fingerprint density at radius 1 is 1.39 bits per heavy atom. The SMILES string of the molecule is CCCCC(C)Nc1cc(S(N)(=O)=O)ccc1C. The second-order valence-electron chi connectivity index (χ2n) is 4.71. The lowest BCUT2D eigenvalue weighted by atomic mass is 10.1. The maximum atomic E-state index is 11.3. The molecule has 1 unspecified atom stereocenters. The zero-order valence-corrected chi connectivity index (χ0v) is 12.0. The van der Waals surface area contributed by atoms with Gasteiger partial charge in [0.2, 0.25) is 10.0 Å². The summed E-state index contributed by atoms with van der Waals surface area (Å²) in [6.45, 7) is 6.19. The number of sulfonamides is 1. The van der Waals surface area contributed by atoms with Crippen LogP contribution in [0.15, 0.2) is 23.1 Å². The summed E-state index contributed by atoms with van der Waals surface area (Å²) in [6.07, 6.45) is 3.37. The standard InChI is InChI=1S/C13H22N2O2S/c1-4-5-6-11(3)15-13-9-12(18(14,16)17)8-7-10(13)2/h7-9,11,15H,4-6H2,1-3H3,(H2,14,16,17). The summed E-state index contributed by atoms with van der Waals surface area (Å²) in [5.74, 6) is 0.